The van der Waals surface area contributed by atoms with Crippen LogP contribution < -0.4 is 0 Å². The number of carbonyl (C=O) groups is 2. The molecule has 0 N–H and O–H groups in total. The lowest BCUT2D eigenvalue weighted by Gasteiger charge is -2.23. The van der Waals surface area contributed by atoms with Crippen molar-refractivity contribution in [2.45, 2.75) is 26.2 Å². The molecule has 2 amide bonds. The van der Waals surface area contributed by atoms with Gasteiger partial charge in [-0.2, -0.15) is 0 Å². The van der Waals surface area contributed by atoms with Gasteiger partial charge in [0.15, 0.2) is 11.5 Å². The van der Waals surface area contributed by atoms with E-state index in [1.54, 1.807) is 11.0 Å². The van der Waals surface area contributed by atoms with Gasteiger partial charge in [0.1, 0.15) is 0 Å². The Morgan fingerprint density at radius 2 is 2.00 bits per heavy atom. The quantitative estimate of drug-likeness (QED) is 0.848. The minimum Gasteiger partial charge on any atom is -0.355 e. The summed E-state index contributed by atoms with van der Waals surface area (Å²) in [5.74, 6) is 0.628. The zero-order valence-electron chi connectivity index (χ0n) is 15.0. The smallest absolute Gasteiger partial charge is 0.276 e. The first-order chi connectivity index (χ1) is 12.6. The Kier molecular flexibility index (Phi) is 4.26. The Labute approximate surface area is 152 Å². The number of hydrogen-bond acceptors (Lipinski definition) is 4. The lowest BCUT2D eigenvalue weighted by Crippen LogP contribution is -2.38. The summed E-state index contributed by atoms with van der Waals surface area (Å²) in [6.45, 7) is 4.77. The van der Waals surface area contributed by atoms with Crippen LogP contribution in [-0.4, -0.2) is 52.9 Å². The van der Waals surface area contributed by atoms with E-state index in [0.717, 1.165) is 37.9 Å². The minimum atomic E-state index is -0.392. The molecule has 1 atom stereocenters. The molecule has 2 aromatic rings. The van der Waals surface area contributed by atoms with Crippen molar-refractivity contribution in [2.24, 2.45) is 5.41 Å². The lowest BCUT2D eigenvalue weighted by molar-refractivity contribution is -0.135. The molecule has 0 bridgehead atoms. The highest BCUT2D eigenvalue weighted by molar-refractivity contribution is 5.94. The van der Waals surface area contributed by atoms with E-state index in [1.165, 1.54) is 0 Å². The first-order valence-electron chi connectivity index (χ1n) is 9.24. The van der Waals surface area contributed by atoms with Gasteiger partial charge in [-0.3, -0.25) is 9.59 Å². The first-order valence-corrected chi connectivity index (χ1v) is 9.24. The van der Waals surface area contributed by atoms with E-state index in [9.17, 15) is 9.59 Å². The topological polar surface area (TPSA) is 66.7 Å². The van der Waals surface area contributed by atoms with Gasteiger partial charge >= 0.3 is 0 Å². The fourth-order valence-electron chi connectivity index (χ4n) is 4.08. The van der Waals surface area contributed by atoms with Crippen molar-refractivity contribution >= 4 is 11.8 Å². The van der Waals surface area contributed by atoms with Crippen molar-refractivity contribution in [2.75, 3.05) is 26.2 Å². The normalized spacial score (nSPS) is 22.6. The molecule has 0 aliphatic carbocycles. The van der Waals surface area contributed by atoms with Crippen LogP contribution in [0.25, 0.3) is 11.3 Å². The third kappa shape index (κ3) is 2.79. The summed E-state index contributed by atoms with van der Waals surface area (Å²) in [5, 5.41) is 3.95. The van der Waals surface area contributed by atoms with Crippen LogP contribution in [0.15, 0.2) is 40.9 Å². The SMILES string of the molecule is CCCN1CCC2(CCN(C(=O)c3cc(-c4ccccc4)on3)C2)C1=O. The van der Waals surface area contributed by atoms with Crippen molar-refractivity contribution in [1.29, 1.82) is 0 Å². The largest absolute Gasteiger partial charge is 0.355 e. The van der Waals surface area contributed by atoms with Crippen LogP contribution in [0, 0.1) is 5.41 Å². The second-order valence-corrected chi connectivity index (χ2v) is 7.24. The zero-order chi connectivity index (χ0) is 18.1. The number of nitrogens with zero attached hydrogens (tertiary/aromatic N) is 3. The molecule has 26 heavy (non-hydrogen) atoms. The van der Waals surface area contributed by atoms with Gasteiger partial charge in [0.2, 0.25) is 5.91 Å². The van der Waals surface area contributed by atoms with E-state index in [-0.39, 0.29) is 11.8 Å². The van der Waals surface area contributed by atoms with E-state index in [4.69, 9.17) is 4.52 Å². The Morgan fingerprint density at radius 3 is 2.77 bits per heavy atom. The molecule has 2 fully saturated rings. The molecule has 2 aliphatic heterocycles. The maximum absolute atomic E-state index is 12.8. The monoisotopic (exact) mass is 353 g/mol. The van der Waals surface area contributed by atoms with Crippen LogP contribution in [0.5, 0.6) is 0 Å². The fraction of sp³-hybridized carbons (Fsp3) is 0.450. The van der Waals surface area contributed by atoms with Crippen LogP contribution in [-0.2, 0) is 4.79 Å². The molecule has 6 heteroatoms. The third-order valence-corrected chi connectivity index (χ3v) is 5.52. The Morgan fingerprint density at radius 1 is 1.23 bits per heavy atom. The van der Waals surface area contributed by atoms with E-state index >= 15 is 0 Å². The highest BCUT2D eigenvalue weighted by atomic mass is 16.5. The summed E-state index contributed by atoms with van der Waals surface area (Å²) in [7, 11) is 0. The number of benzene rings is 1. The number of carbonyl (C=O) groups excluding carboxylic acids is 2. The zero-order valence-corrected chi connectivity index (χ0v) is 15.0. The Hall–Kier alpha value is -2.63. The third-order valence-electron chi connectivity index (χ3n) is 5.52. The standard InChI is InChI=1S/C20H23N3O3/c1-2-10-22-11-8-20(19(22)25)9-12-23(14-20)18(24)16-13-17(26-21-16)15-6-4-3-5-7-15/h3-7,13H,2,8-12,14H2,1H3. The van der Waals surface area contributed by atoms with Gasteiger partial charge < -0.3 is 14.3 Å². The summed E-state index contributed by atoms with van der Waals surface area (Å²) in [5.41, 5.74) is 0.798. The molecule has 1 aromatic heterocycles. The average molecular weight is 353 g/mol. The molecule has 2 saturated heterocycles. The summed E-state index contributed by atoms with van der Waals surface area (Å²) in [6, 6.07) is 11.3. The highest BCUT2D eigenvalue weighted by Crippen LogP contribution is 2.41. The summed E-state index contributed by atoms with van der Waals surface area (Å²) in [4.78, 5) is 29.3. The van der Waals surface area contributed by atoms with Gasteiger partial charge in [-0.1, -0.05) is 42.4 Å². The molecule has 1 unspecified atom stereocenters. The molecule has 6 nitrogen and oxygen atoms in total. The van der Waals surface area contributed by atoms with Crippen LogP contribution in [0.1, 0.15) is 36.7 Å². The van der Waals surface area contributed by atoms with E-state index in [2.05, 4.69) is 12.1 Å². The first kappa shape index (κ1) is 16.8. The molecule has 1 spiro atoms. The average Bonchev–Trinajstić information content (AvgIpc) is 3.39. The van der Waals surface area contributed by atoms with Crippen LogP contribution in [0.2, 0.25) is 0 Å². The molecular formula is C20H23N3O3. The fourth-order valence-corrected chi connectivity index (χ4v) is 4.08. The molecule has 0 radical (unpaired) electrons. The lowest BCUT2D eigenvalue weighted by atomic mass is 9.85. The Bertz CT molecular complexity index is 817. The number of aromatic nitrogens is 1. The van der Waals surface area contributed by atoms with Crippen molar-refractivity contribution in [3.05, 3.63) is 42.1 Å². The van der Waals surface area contributed by atoms with Gasteiger partial charge in [0, 0.05) is 37.8 Å². The molecule has 0 saturated carbocycles. The van der Waals surface area contributed by atoms with E-state index < -0.39 is 5.41 Å². The van der Waals surface area contributed by atoms with Crippen LogP contribution in [0.3, 0.4) is 0 Å². The maximum Gasteiger partial charge on any atom is 0.276 e. The Balaban J connectivity index is 1.47. The predicted molar refractivity (Wildman–Crippen MR) is 96.4 cm³/mol. The second-order valence-electron chi connectivity index (χ2n) is 7.24. The molecule has 136 valence electrons. The maximum atomic E-state index is 12.8. The van der Waals surface area contributed by atoms with Gasteiger partial charge in [0.05, 0.1) is 5.41 Å². The number of amides is 2. The van der Waals surface area contributed by atoms with Crippen molar-refractivity contribution in [1.82, 2.24) is 15.0 Å². The van der Waals surface area contributed by atoms with Crippen molar-refractivity contribution < 1.29 is 14.1 Å². The van der Waals surface area contributed by atoms with Crippen LogP contribution >= 0.6 is 0 Å². The van der Waals surface area contributed by atoms with E-state index in [1.807, 2.05) is 35.2 Å². The second kappa shape index (κ2) is 6.59. The molecular weight excluding hydrogens is 330 g/mol. The number of likely N-dealkylation sites (tertiary alicyclic amines) is 2. The summed E-state index contributed by atoms with van der Waals surface area (Å²) < 4.78 is 5.35. The molecule has 4 rings (SSSR count). The number of rotatable bonds is 4. The molecule has 1 aromatic carbocycles. The van der Waals surface area contributed by atoms with Crippen molar-refractivity contribution in [3.63, 3.8) is 0 Å². The van der Waals surface area contributed by atoms with Gasteiger partial charge in [-0.05, 0) is 19.3 Å². The number of hydrogen-bond donors (Lipinski definition) is 0. The predicted octanol–water partition coefficient (Wildman–Crippen LogP) is 2.82. The van der Waals surface area contributed by atoms with Gasteiger partial charge in [-0.15, -0.1) is 0 Å². The summed E-state index contributed by atoms with van der Waals surface area (Å²) in [6.07, 6.45) is 2.54. The van der Waals surface area contributed by atoms with Gasteiger partial charge in [0.25, 0.3) is 5.91 Å². The van der Waals surface area contributed by atoms with Crippen LogP contribution in [0.4, 0.5) is 0 Å². The van der Waals surface area contributed by atoms with Crippen molar-refractivity contribution in [3.8, 4) is 11.3 Å². The van der Waals surface area contributed by atoms with Gasteiger partial charge in [-0.25, -0.2) is 0 Å². The highest BCUT2D eigenvalue weighted by Gasteiger charge is 2.51. The molecule has 2 aliphatic rings. The minimum absolute atomic E-state index is 0.158. The molecule has 3 heterocycles. The van der Waals surface area contributed by atoms with E-state index in [0.29, 0.717) is 24.5 Å². The summed E-state index contributed by atoms with van der Waals surface area (Å²) >= 11 is 0.